The van der Waals surface area contributed by atoms with Gasteiger partial charge in [-0.25, -0.2) is 9.97 Å². The van der Waals surface area contributed by atoms with E-state index in [-0.39, 0.29) is 17.5 Å². The number of fused-ring (bicyclic) bond motifs is 1. The van der Waals surface area contributed by atoms with Gasteiger partial charge in [0, 0.05) is 60.6 Å². The first-order chi connectivity index (χ1) is 18.6. The van der Waals surface area contributed by atoms with Crippen molar-refractivity contribution in [1.29, 1.82) is 0 Å². The summed E-state index contributed by atoms with van der Waals surface area (Å²) in [5, 5.41) is 6.59. The number of amides is 1. The van der Waals surface area contributed by atoms with Gasteiger partial charge >= 0.3 is 6.18 Å². The monoisotopic (exact) mass is 539 g/mol. The highest BCUT2D eigenvalue weighted by molar-refractivity contribution is 5.96. The summed E-state index contributed by atoms with van der Waals surface area (Å²) in [5.41, 5.74) is 1.84. The van der Waals surface area contributed by atoms with Gasteiger partial charge in [-0.1, -0.05) is 25.1 Å². The van der Waals surface area contributed by atoms with Crippen LogP contribution in [0.2, 0.25) is 0 Å². The van der Waals surface area contributed by atoms with Crippen LogP contribution in [0.25, 0.3) is 22.2 Å². The number of para-hydroxylation sites is 1. The normalized spacial score (nSPS) is 11.7. The Labute approximate surface area is 225 Å². The van der Waals surface area contributed by atoms with Crippen LogP contribution in [0.4, 0.5) is 36.2 Å². The van der Waals surface area contributed by atoms with Gasteiger partial charge in [0.05, 0.1) is 17.1 Å². The molecule has 8 nitrogen and oxygen atoms in total. The molecular formula is C28H32F3N7O. The maximum absolute atomic E-state index is 13.9. The Hall–Kier alpha value is -4.12. The van der Waals surface area contributed by atoms with E-state index in [1.165, 1.54) is 6.20 Å². The lowest BCUT2D eigenvalue weighted by Crippen LogP contribution is -2.32. The third-order valence-electron chi connectivity index (χ3n) is 6.33. The zero-order valence-corrected chi connectivity index (χ0v) is 22.4. The van der Waals surface area contributed by atoms with Crippen molar-refractivity contribution in [2.75, 3.05) is 49.3 Å². The summed E-state index contributed by atoms with van der Waals surface area (Å²) in [7, 11) is 3.99. The second-order valence-electron chi connectivity index (χ2n) is 9.34. The molecular weight excluding hydrogens is 507 g/mol. The molecule has 0 saturated carbocycles. The molecule has 3 N–H and O–H groups in total. The molecule has 2 heterocycles. The molecule has 39 heavy (non-hydrogen) atoms. The van der Waals surface area contributed by atoms with Crippen molar-refractivity contribution in [3.63, 3.8) is 0 Å². The lowest BCUT2D eigenvalue weighted by Gasteiger charge is -2.27. The minimum atomic E-state index is -4.64. The molecule has 0 radical (unpaired) electrons. The standard InChI is InChI=1S/C28H32F3N7O/c1-5-25(39)35-23-15-18(11-12-24(23)38(6-2)14-13-37(3)4)34-27-33-17-21(28(29,30)31)26(36-27)20-16-32-22-10-8-7-9-19(20)22/h7-12,15-17,32H,5-6,13-14H2,1-4H3,(H,35,39)(H,33,34,36). The molecule has 0 aliphatic carbocycles. The number of carbonyl (C=O) groups is 1. The van der Waals surface area contributed by atoms with Crippen LogP contribution in [-0.2, 0) is 11.0 Å². The molecule has 0 bridgehead atoms. The fourth-order valence-corrected chi connectivity index (χ4v) is 4.25. The second-order valence-corrected chi connectivity index (χ2v) is 9.34. The van der Waals surface area contributed by atoms with Gasteiger partial charge in [0.1, 0.15) is 5.56 Å². The SMILES string of the molecule is CCC(=O)Nc1cc(Nc2ncc(C(F)(F)F)c(-c3c[nH]c4ccccc34)n2)ccc1N(CC)CCN(C)C. The number of halogens is 3. The van der Waals surface area contributed by atoms with Crippen molar-refractivity contribution in [2.24, 2.45) is 0 Å². The fourth-order valence-electron chi connectivity index (χ4n) is 4.25. The van der Waals surface area contributed by atoms with Crippen molar-refractivity contribution >= 4 is 39.8 Å². The average Bonchev–Trinajstić information content (AvgIpc) is 3.33. The molecule has 4 aromatic rings. The van der Waals surface area contributed by atoms with E-state index in [1.54, 1.807) is 43.3 Å². The Morgan fingerprint density at radius 1 is 1.08 bits per heavy atom. The summed E-state index contributed by atoms with van der Waals surface area (Å²) >= 11 is 0. The number of hydrogen-bond acceptors (Lipinski definition) is 6. The van der Waals surface area contributed by atoms with Gasteiger partial charge in [-0.2, -0.15) is 13.2 Å². The smallest absolute Gasteiger partial charge is 0.369 e. The van der Waals surface area contributed by atoms with Crippen LogP contribution in [-0.4, -0.2) is 59.5 Å². The Morgan fingerprint density at radius 3 is 2.54 bits per heavy atom. The molecule has 11 heteroatoms. The van der Waals surface area contributed by atoms with E-state index in [0.29, 0.717) is 34.3 Å². The number of likely N-dealkylation sites (N-methyl/N-ethyl adjacent to an activating group) is 2. The summed E-state index contributed by atoms with van der Waals surface area (Å²) in [4.78, 5) is 27.8. The number of aromatic amines is 1. The zero-order valence-electron chi connectivity index (χ0n) is 22.4. The molecule has 0 spiro atoms. The predicted octanol–water partition coefficient (Wildman–Crippen LogP) is 6.12. The van der Waals surface area contributed by atoms with Gasteiger partial charge in [0.2, 0.25) is 11.9 Å². The molecule has 0 fully saturated rings. The average molecular weight is 540 g/mol. The van der Waals surface area contributed by atoms with Crippen molar-refractivity contribution < 1.29 is 18.0 Å². The first kappa shape index (κ1) is 27.9. The van der Waals surface area contributed by atoms with Crippen LogP contribution in [0.15, 0.2) is 54.9 Å². The summed E-state index contributed by atoms with van der Waals surface area (Å²) < 4.78 is 41.7. The first-order valence-corrected chi connectivity index (χ1v) is 12.7. The quantitative estimate of drug-likeness (QED) is 0.225. The molecule has 0 unspecified atom stereocenters. The summed E-state index contributed by atoms with van der Waals surface area (Å²) in [6.45, 7) is 6.11. The van der Waals surface area contributed by atoms with E-state index in [2.05, 4.69) is 35.4 Å². The Balaban J connectivity index is 1.72. The molecule has 0 saturated heterocycles. The van der Waals surface area contributed by atoms with E-state index in [9.17, 15) is 18.0 Å². The number of nitrogens with zero attached hydrogens (tertiary/aromatic N) is 4. The molecule has 0 atom stereocenters. The van der Waals surface area contributed by atoms with Gasteiger partial charge in [-0.15, -0.1) is 0 Å². The van der Waals surface area contributed by atoms with Crippen molar-refractivity contribution in [3.05, 3.63) is 60.4 Å². The number of nitrogens with one attached hydrogen (secondary N) is 3. The van der Waals surface area contributed by atoms with Gasteiger partial charge in [0.15, 0.2) is 0 Å². The summed E-state index contributed by atoms with van der Waals surface area (Å²) in [6, 6.07) is 12.5. The van der Waals surface area contributed by atoms with Crippen LogP contribution in [0.5, 0.6) is 0 Å². The molecule has 2 aromatic heterocycles. The number of benzene rings is 2. The van der Waals surface area contributed by atoms with E-state index >= 15 is 0 Å². The predicted molar refractivity (Wildman–Crippen MR) is 149 cm³/mol. The molecule has 1 amide bonds. The highest BCUT2D eigenvalue weighted by atomic mass is 19.4. The molecule has 0 aliphatic heterocycles. The minimum absolute atomic E-state index is 0.00348. The second kappa shape index (κ2) is 11.7. The maximum atomic E-state index is 13.9. The summed E-state index contributed by atoms with van der Waals surface area (Å²) in [6.07, 6.45) is -2.02. The lowest BCUT2D eigenvalue weighted by atomic mass is 10.1. The number of aromatic nitrogens is 3. The number of carbonyl (C=O) groups excluding carboxylic acids is 1. The maximum Gasteiger partial charge on any atom is 0.419 e. The van der Waals surface area contributed by atoms with E-state index < -0.39 is 11.7 Å². The number of hydrogen-bond donors (Lipinski definition) is 3. The fraction of sp³-hybridized carbons (Fsp3) is 0.321. The zero-order chi connectivity index (χ0) is 28.2. The molecule has 206 valence electrons. The minimum Gasteiger partial charge on any atom is -0.369 e. The van der Waals surface area contributed by atoms with Crippen molar-refractivity contribution in [2.45, 2.75) is 26.4 Å². The van der Waals surface area contributed by atoms with E-state index in [4.69, 9.17) is 0 Å². The Kier molecular flexibility index (Phi) is 8.39. The van der Waals surface area contributed by atoms with Crippen LogP contribution in [0, 0.1) is 0 Å². The largest absolute Gasteiger partial charge is 0.419 e. The number of alkyl halides is 3. The number of H-pyrrole nitrogens is 1. The van der Waals surface area contributed by atoms with Gasteiger partial charge in [-0.3, -0.25) is 4.79 Å². The lowest BCUT2D eigenvalue weighted by molar-refractivity contribution is -0.137. The van der Waals surface area contributed by atoms with Crippen molar-refractivity contribution in [1.82, 2.24) is 19.9 Å². The number of rotatable bonds is 10. The van der Waals surface area contributed by atoms with Crippen LogP contribution in [0.1, 0.15) is 25.8 Å². The molecule has 2 aromatic carbocycles. The summed E-state index contributed by atoms with van der Waals surface area (Å²) in [5.74, 6) is -0.145. The van der Waals surface area contributed by atoms with Gasteiger partial charge in [0.25, 0.3) is 0 Å². The van der Waals surface area contributed by atoms with Crippen LogP contribution < -0.4 is 15.5 Å². The Bertz CT molecular complexity index is 1450. The molecule has 4 rings (SSSR count). The topological polar surface area (TPSA) is 89.2 Å². The third kappa shape index (κ3) is 6.48. The van der Waals surface area contributed by atoms with Gasteiger partial charge < -0.3 is 25.4 Å². The van der Waals surface area contributed by atoms with E-state index in [1.807, 2.05) is 27.1 Å². The highest BCUT2D eigenvalue weighted by Crippen LogP contribution is 2.39. The van der Waals surface area contributed by atoms with Crippen LogP contribution >= 0.6 is 0 Å². The first-order valence-electron chi connectivity index (χ1n) is 12.7. The van der Waals surface area contributed by atoms with Crippen molar-refractivity contribution in [3.8, 4) is 11.3 Å². The Morgan fingerprint density at radius 2 is 1.85 bits per heavy atom. The highest BCUT2D eigenvalue weighted by Gasteiger charge is 2.36. The van der Waals surface area contributed by atoms with Crippen LogP contribution in [0.3, 0.4) is 0 Å². The third-order valence-corrected chi connectivity index (χ3v) is 6.33. The van der Waals surface area contributed by atoms with Gasteiger partial charge in [-0.05, 0) is 45.3 Å². The number of anilines is 4. The van der Waals surface area contributed by atoms with E-state index in [0.717, 1.165) is 31.5 Å². The molecule has 0 aliphatic rings.